The minimum atomic E-state index is -2.97. The molecule has 0 fully saturated rings. The lowest BCUT2D eigenvalue weighted by Crippen LogP contribution is -2.40. The van der Waals surface area contributed by atoms with E-state index >= 15 is 0 Å². The van der Waals surface area contributed by atoms with E-state index in [9.17, 15) is 0 Å². The molecule has 3 nitrogen and oxygen atoms in total. The maximum atomic E-state index is 5.91. The predicted molar refractivity (Wildman–Crippen MR) is 52.7 cm³/mol. The molecule has 0 heterocycles. The van der Waals surface area contributed by atoms with Crippen molar-refractivity contribution in [3.63, 3.8) is 0 Å². The zero-order chi connectivity index (χ0) is 9.73. The molecule has 0 aliphatic rings. The van der Waals surface area contributed by atoms with Gasteiger partial charge in [0.1, 0.15) is 5.75 Å². The Balaban J connectivity index is 2.68. The van der Waals surface area contributed by atoms with Crippen LogP contribution in [0.2, 0.25) is 0 Å². The molecule has 1 aromatic carbocycles. The van der Waals surface area contributed by atoms with E-state index in [4.69, 9.17) is 24.4 Å². The molecule has 0 unspecified atom stereocenters. The van der Waals surface area contributed by atoms with Crippen molar-refractivity contribution in [1.29, 1.82) is 0 Å². The fourth-order valence-electron chi connectivity index (χ4n) is 0.796. The highest BCUT2D eigenvalue weighted by molar-refractivity contribution is 7.09. The van der Waals surface area contributed by atoms with Crippen LogP contribution in [-0.4, -0.2) is 22.3 Å². The summed E-state index contributed by atoms with van der Waals surface area (Å²) in [6, 6.07) is 9.19. The van der Waals surface area contributed by atoms with Gasteiger partial charge in [0.15, 0.2) is 0 Å². The molecule has 0 saturated carbocycles. The van der Waals surface area contributed by atoms with E-state index in [0.29, 0.717) is 5.75 Å². The average molecular weight is 219 g/mol. The first-order valence-electron chi connectivity index (χ1n) is 3.73. The van der Waals surface area contributed by atoms with E-state index in [1.165, 1.54) is 14.2 Å². The van der Waals surface area contributed by atoms with Gasteiger partial charge in [-0.2, -0.15) is 0 Å². The molecule has 0 radical (unpaired) electrons. The van der Waals surface area contributed by atoms with Crippen LogP contribution in [0.1, 0.15) is 0 Å². The van der Waals surface area contributed by atoms with Gasteiger partial charge in [0.25, 0.3) is 0 Å². The molecular weight excluding hydrogens is 208 g/mol. The number of hydrogen-bond donors (Lipinski definition) is 0. The van der Waals surface area contributed by atoms with Crippen molar-refractivity contribution >= 4 is 19.2 Å². The second kappa shape index (κ2) is 4.62. The standard InChI is InChI=1S/C8H11ClO3Si/c1-10-13(9,11-2)12-8-6-4-3-5-7-8/h3-7H,1-2H3. The summed E-state index contributed by atoms with van der Waals surface area (Å²) in [7, 11) is -0.0380. The number of para-hydroxylation sites is 1. The zero-order valence-electron chi connectivity index (χ0n) is 7.49. The Bertz CT molecular complexity index is 251. The number of rotatable bonds is 4. The third-order valence-electron chi connectivity index (χ3n) is 1.47. The highest BCUT2D eigenvalue weighted by Gasteiger charge is 2.39. The van der Waals surface area contributed by atoms with Crippen LogP contribution in [0, 0.1) is 0 Å². The summed E-state index contributed by atoms with van der Waals surface area (Å²) in [5.41, 5.74) is 0. The molecule has 0 bridgehead atoms. The monoisotopic (exact) mass is 218 g/mol. The lowest BCUT2D eigenvalue weighted by molar-refractivity contribution is 0.188. The maximum Gasteiger partial charge on any atom is 0.679 e. The van der Waals surface area contributed by atoms with E-state index < -0.39 is 8.11 Å². The summed E-state index contributed by atoms with van der Waals surface area (Å²) < 4.78 is 15.3. The van der Waals surface area contributed by atoms with Gasteiger partial charge in [0, 0.05) is 14.2 Å². The minimum absolute atomic E-state index is 0.646. The average Bonchev–Trinajstić information content (AvgIpc) is 2.19. The number of hydrogen-bond acceptors (Lipinski definition) is 3. The van der Waals surface area contributed by atoms with E-state index in [-0.39, 0.29) is 0 Å². The van der Waals surface area contributed by atoms with Crippen molar-refractivity contribution in [2.75, 3.05) is 14.2 Å². The molecule has 0 spiro atoms. The molecule has 5 heteroatoms. The van der Waals surface area contributed by atoms with Crippen LogP contribution in [0.4, 0.5) is 0 Å². The first kappa shape index (κ1) is 10.5. The van der Waals surface area contributed by atoms with Gasteiger partial charge >= 0.3 is 8.11 Å². The summed E-state index contributed by atoms with van der Waals surface area (Å²) in [6.45, 7) is 0. The Labute approximate surface area is 83.3 Å². The van der Waals surface area contributed by atoms with Crippen molar-refractivity contribution in [2.24, 2.45) is 0 Å². The summed E-state index contributed by atoms with van der Waals surface area (Å²) in [5.74, 6) is 0.646. The van der Waals surface area contributed by atoms with Gasteiger partial charge in [0.2, 0.25) is 0 Å². The second-order valence-corrected chi connectivity index (χ2v) is 5.68. The molecule has 0 aliphatic carbocycles. The van der Waals surface area contributed by atoms with E-state index in [2.05, 4.69) is 0 Å². The molecule has 0 aromatic heterocycles. The largest absolute Gasteiger partial charge is 0.679 e. The molecule has 1 aromatic rings. The topological polar surface area (TPSA) is 27.7 Å². The first-order chi connectivity index (χ1) is 6.20. The van der Waals surface area contributed by atoms with Gasteiger partial charge in [0.05, 0.1) is 0 Å². The smallest absolute Gasteiger partial charge is 0.490 e. The Hall–Kier alpha value is -0.553. The molecule has 0 atom stereocenters. The van der Waals surface area contributed by atoms with Crippen LogP contribution in [0.3, 0.4) is 0 Å². The first-order valence-corrected chi connectivity index (χ1v) is 6.47. The Morgan fingerprint density at radius 3 is 2.08 bits per heavy atom. The maximum absolute atomic E-state index is 5.91. The summed E-state index contributed by atoms with van der Waals surface area (Å²) >= 11 is 5.91. The second-order valence-electron chi connectivity index (χ2n) is 2.30. The van der Waals surface area contributed by atoms with Crippen molar-refractivity contribution in [3.05, 3.63) is 30.3 Å². The predicted octanol–water partition coefficient (Wildman–Crippen LogP) is 2.03. The van der Waals surface area contributed by atoms with Crippen molar-refractivity contribution < 1.29 is 13.3 Å². The van der Waals surface area contributed by atoms with Gasteiger partial charge in [-0.3, -0.25) is 0 Å². The highest BCUT2D eigenvalue weighted by Crippen LogP contribution is 2.18. The number of halogens is 1. The van der Waals surface area contributed by atoms with Crippen molar-refractivity contribution in [2.45, 2.75) is 0 Å². The van der Waals surface area contributed by atoms with E-state index in [0.717, 1.165) is 0 Å². The van der Waals surface area contributed by atoms with Gasteiger partial charge in [-0.15, -0.1) is 0 Å². The van der Waals surface area contributed by atoms with Crippen LogP contribution in [0.5, 0.6) is 5.75 Å². The van der Waals surface area contributed by atoms with Crippen LogP contribution in [-0.2, 0) is 8.85 Å². The molecule has 13 heavy (non-hydrogen) atoms. The molecule has 72 valence electrons. The molecule has 0 aliphatic heterocycles. The fourth-order valence-corrected chi connectivity index (χ4v) is 1.81. The van der Waals surface area contributed by atoms with E-state index in [1.807, 2.05) is 18.2 Å². The Morgan fingerprint density at radius 1 is 1.08 bits per heavy atom. The molecule has 1 rings (SSSR count). The van der Waals surface area contributed by atoms with Crippen molar-refractivity contribution in [1.82, 2.24) is 0 Å². The molecule has 0 amide bonds. The van der Waals surface area contributed by atoms with Gasteiger partial charge in [-0.05, 0) is 12.1 Å². The highest BCUT2D eigenvalue weighted by atomic mass is 35.6. The Kier molecular flexibility index (Phi) is 3.74. The molecular formula is C8H11ClO3Si. The van der Waals surface area contributed by atoms with Gasteiger partial charge < -0.3 is 13.3 Å². The lowest BCUT2D eigenvalue weighted by Gasteiger charge is -2.19. The van der Waals surface area contributed by atoms with Crippen LogP contribution < -0.4 is 4.43 Å². The van der Waals surface area contributed by atoms with Crippen LogP contribution >= 0.6 is 11.1 Å². The third-order valence-corrected chi connectivity index (χ3v) is 4.08. The SMILES string of the molecule is CO[Si](Cl)(OC)Oc1ccccc1. The molecule has 0 saturated heterocycles. The quantitative estimate of drug-likeness (QED) is 0.572. The zero-order valence-corrected chi connectivity index (χ0v) is 9.25. The minimum Gasteiger partial charge on any atom is -0.490 e. The molecule has 0 N–H and O–H groups in total. The summed E-state index contributed by atoms with van der Waals surface area (Å²) in [4.78, 5) is 0. The third kappa shape index (κ3) is 3.00. The summed E-state index contributed by atoms with van der Waals surface area (Å²) in [5, 5.41) is 0. The van der Waals surface area contributed by atoms with Crippen LogP contribution in [0.15, 0.2) is 30.3 Å². The van der Waals surface area contributed by atoms with Crippen LogP contribution in [0.25, 0.3) is 0 Å². The van der Waals surface area contributed by atoms with E-state index in [1.54, 1.807) is 12.1 Å². The van der Waals surface area contributed by atoms with Gasteiger partial charge in [-0.1, -0.05) is 29.3 Å². The van der Waals surface area contributed by atoms with Crippen molar-refractivity contribution in [3.8, 4) is 5.75 Å². The normalized spacial score (nSPS) is 11.3. The Morgan fingerprint density at radius 2 is 1.62 bits per heavy atom. The fraction of sp³-hybridized carbons (Fsp3) is 0.250. The summed E-state index contributed by atoms with van der Waals surface area (Å²) in [6.07, 6.45) is 0. The lowest BCUT2D eigenvalue weighted by atomic mass is 10.3. The van der Waals surface area contributed by atoms with Gasteiger partial charge in [-0.25, -0.2) is 0 Å². The number of benzene rings is 1.